The predicted molar refractivity (Wildman–Crippen MR) is 21.2 cm³/mol. The molecule has 0 aliphatic rings. The summed E-state index contributed by atoms with van der Waals surface area (Å²) in [4.78, 5) is 0. The molecule has 0 heterocycles. The Morgan fingerprint density at radius 1 is 1.44 bits per heavy atom. The maximum atomic E-state index is 11.5. The molecule has 0 rings (SSSR count). The minimum Gasteiger partial charge on any atom is -0.244 e. The summed E-state index contributed by atoms with van der Waals surface area (Å²) in [6.07, 6.45) is -3.14. The van der Waals surface area contributed by atoms with Gasteiger partial charge in [-0.1, -0.05) is 0 Å². The molecule has 0 amide bonds. The first-order valence-corrected chi connectivity index (χ1v) is 2.06. The molecular formula is C4H4F5. The largest absolute Gasteiger partial charge is 0.309 e. The smallest absolute Gasteiger partial charge is 0.244 e. The molecule has 0 aromatic rings. The molecule has 0 saturated heterocycles. The molecule has 55 valence electrons. The van der Waals surface area contributed by atoms with Crippen LogP contribution < -0.4 is 0 Å². The molecule has 1 atom stereocenters. The monoisotopic (exact) mass is 147 g/mol. The molecule has 1 unspecified atom stereocenters. The average molecular weight is 147 g/mol. The zero-order valence-electron chi connectivity index (χ0n) is 4.25. The van der Waals surface area contributed by atoms with Crippen LogP contribution in [-0.4, -0.2) is 18.8 Å². The zero-order chi connectivity index (χ0) is 7.49. The summed E-state index contributed by atoms with van der Waals surface area (Å²) in [5.74, 6) is -4.21. The number of rotatable bonds is 3. The van der Waals surface area contributed by atoms with Gasteiger partial charge in [-0.25, -0.2) is 22.0 Å². The van der Waals surface area contributed by atoms with Crippen molar-refractivity contribution in [2.75, 3.05) is 6.67 Å². The molecule has 0 aliphatic carbocycles. The van der Waals surface area contributed by atoms with Crippen LogP contribution in [0.25, 0.3) is 0 Å². The van der Waals surface area contributed by atoms with E-state index in [0.29, 0.717) is 0 Å². The molecule has 0 spiro atoms. The van der Waals surface area contributed by atoms with Crippen LogP contribution in [0, 0.1) is 6.67 Å². The molecule has 0 bridgehead atoms. The summed E-state index contributed by atoms with van der Waals surface area (Å²) in [5.41, 5.74) is 0. The van der Waals surface area contributed by atoms with Crippen molar-refractivity contribution in [3.8, 4) is 0 Å². The van der Waals surface area contributed by atoms with Crippen LogP contribution in [0.1, 0.15) is 0 Å². The van der Waals surface area contributed by atoms with E-state index in [-0.39, 0.29) is 0 Å². The van der Waals surface area contributed by atoms with Gasteiger partial charge in [0, 0.05) is 0 Å². The first kappa shape index (κ1) is 8.65. The standard InChI is InChI=1S/C4H4F5/c5-1-3(7)4(8,9)2-6/h1,3H,2H2. The Kier molecular flexibility index (Phi) is 2.87. The summed E-state index contributed by atoms with van der Waals surface area (Å²) in [6, 6.07) is 0. The van der Waals surface area contributed by atoms with Crippen LogP contribution >= 0.6 is 0 Å². The summed E-state index contributed by atoms with van der Waals surface area (Å²) in [7, 11) is 0. The van der Waals surface area contributed by atoms with Crippen LogP contribution in [0.5, 0.6) is 0 Å². The molecule has 0 aromatic heterocycles. The number of halogens is 5. The second-order valence-corrected chi connectivity index (χ2v) is 1.42. The summed E-state index contributed by atoms with van der Waals surface area (Å²) >= 11 is 0. The highest BCUT2D eigenvalue weighted by Gasteiger charge is 2.40. The van der Waals surface area contributed by atoms with Crippen molar-refractivity contribution < 1.29 is 22.0 Å². The van der Waals surface area contributed by atoms with E-state index >= 15 is 0 Å². The fraction of sp³-hybridized carbons (Fsp3) is 0.750. The van der Waals surface area contributed by atoms with E-state index in [4.69, 9.17) is 0 Å². The molecule has 0 aromatic carbocycles. The van der Waals surface area contributed by atoms with Crippen LogP contribution in [-0.2, 0) is 0 Å². The van der Waals surface area contributed by atoms with Gasteiger partial charge in [0.1, 0.15) is 0 Å². The van der Waals surface area contributed by atoms with E-state index in [9.17, 15) is 22.0 Å². The second kappa shape index (κ2) is 2.98. The highest BCUT2D eigenvalue weighted by molar-refractivity contribution is 4.81. The lowest BCUT2D eigenvalue weighted by molar-refractivity contribution is -0.0825. The van der Waals surface area contributed by atoms with E-state index in [1.165, 1.54) is 0 Å². The van der Waals surface area contributed by atoms with Gasteiger partial charge in [0.05, 0.1) is 0 Å². The van der Waals surface area contributed by atoms with Crippen molar-refractivity contribution in [2.24, 2.45) is 0 Å². The Morgan fingerprint density at radius 3 is 2.00 bits per heavy atom. The van der Waals surface area contributed by atoms with Gasteiger partial charge in [0.2, 0.25) is 0 Å². The first-order valence-electron chi connectivity index (χ1n) is 2.06. The Labute approximate surface area is 48.7 Å². The summed E-state index contributed by atoms with van der Waals surface area (Å²) in [6.45, 7) is -3.06. The van der Waals surface area contributed by atoms with Crippen molar-refractivity contribution in [1.82, 2.24) is 0 Å². The van der Waals surface area contributed by atoms with E-state index < -0.39 is 25.4 Å². The lowest BCUT2D eigenvalue weighted by Crippen LogP contribution is -2.31. The highest BCUT2D eigenvalue weighted by atomic mass is 19.3. The van der Waals surface area contributed by atoms with Gasteiger partial charge in [-0.3, -0.25) is 0 Å². The van der Waals surface area contributed by atoms with Gasteiger partial charge >= 0.3 is 5.92 Å². The highest BCUT2D eigenvalue weighted by Crippen LogP contribution is 2.23. The quantitative estimate of drug-likeness (QED) is 0.536. The minimum atomic E-state index is -4.21. The van der Waals surface area contributed by atoms with E-state index in [1.54, 1.807) is 0 Å². The maximum absolute atomic E-state index is 11.5. The van der Waals surface area contributed by atoms with Gasteiger partial charge in [0.15, 0.2) is 19.5 Å². The van der Waals surface area contributed by atoms with Gasteiger partial charge in [0.25, 0.3) is 0 Å². The molecular weight excluding hydrogens is 143 g/mol. The Hall–Kier alpha value is -0.350. The number of hydrogen-bond acceptors (Lipinski definition) is 0. The summed E-state index contributed by atoms with van der Waals surface area (Å²) < 4.78 is 56.5. The number of hydrogen-bond donors (Lipinski definition) is 0. The van der Waals surface area contributed by atoms with Gasteiger partial charge in [-0.2, -0.15) is 0 Å². The molecule has 0 fully saturated rings. The molecule has 0 nitrogen and oxygen atoms in total. The van der Waals surface area contributed by atoms with E-state index in [2.05, 4.69) is 0 Å². The molecule has 0 N–H and O–H groups in total. The van der Waals surface area contributed by atoms with Gasteiger partial charge in [-0.05, 0) is 0 Å². The fourth-order valence-corrected chi connectivity index (χ4v) is 0.166. The van der Waals surface area contributed by atoms with Crippen molar-refractivity contribution in [3.63, 3.8) is 0 Å². The van der Waals surface area contributed by atoms with E-state index in [0.717, 1.165) is 0 Å². The van der Waals surface area contributed by atoms with Crippen LogP contribution in [0.3, 0.4) is 0 Å². The Bertz CT molecular complexity index is 81.0. The minimum absolute atomic E-state index is 0.875. The Morgan fingerprint density at radius 2 is 1.89 bits per heavy atom. The Balaban J connectivity index is 3.80. The van der Waals surface area contributed by atoms with Crippen LogP contribution in [0.15, 0.2) is 0 Å². The zero-order valence-corrected chi connectivity index (χ0v) is 4.25. The predicted octanol–water partition coefficient (Wildman–Crippen LogP) is 2.06. The van der Waals surface area contributed by atoms with Crippen LogP contribution in [0.4, 0.5) is 22.0 Å². The van der Waals surface area contributed by atoms with E-state index in [1.807, 2.05) is 0 Å². The molecule has 9 heavy (non-hydrogen) atoms. The normalized spacial score (nSPS) is 15.7. The first-order chi connectivity index (χ1) is 4.04. The van der Waals surface area contributed by atoms with Crippen molar-refractivity contribution >= 4 is 0 Å². The summed E-state index contributed by atoms with van der Waals surface area (Å²) in [5, 5.41) is 0. The van der Waals surface area contributed by atoms with Crippen molar-refractivity contribution in [1.29, 1.82) is 0 Å². The lowest BCUT2D eigenvalue weighted by Gasteiger charge is -2.12. The fourth-order valence-electron chi connectivity index (χ4n) is 0.166. The van der Waals surface area contributed by atoms with Gasteiger partial charge < -0.3 is 0 Å². The van der Waals surface area contributed by atoms with Gasteiger partial charge in [-0.15, -0.1) is 0 Å². The third-order valence-corrected chi connectivity index (χ3v) is 0.692. The third kappa shape index (κ3) is 2.15. The molecule has 0 aliphatic heterocycles. The van der Waals surface area contributed by atoms with Crippen molar-refractivity contribution in [2.45, 2.75) is 12.1 Å². The SMILES string of the molecule is F[CH]C(F)C(F)(F)CF. The van der Waals surface area contributed by atoms with Crippen LogP contribution in [0.2, 0.25) is 0 Å². The molecule has 5 heteroatoms. The molecule has 0 saturated carbocycles. The molecule has 1 radical (unpaired) electrons. The lowest BCUT2D eigenvalue weighted by atomic mass is 10.2. The second-order valence-electron chi connectivity index (χ2n) is 1.42. The topological polar surface area (TPSA) is 0 Å². The van der Waals surface area contributed by atoms with Crippen molar-refractivity contribution in [3.05, 3.63) is 6.67 Å². The average Bonchev–Trinajstić information content (AvgIpc) is 1.86. The number of alkyl halides is 4. The third-order valence-electron chi connectivity index (χ3n) is 0.692. The maximum Gasteiger partial charge on any atom is 0.309 e.